The molecule has 0 spiro atoms. The minimum atomic E-state index is -0.120. The maximum atomic E-state index is 13.1. The lowest BCUT2D eigenvalue weighted by atomic mass is 10.1. The van der Waals surface area contributed by atoms with E-state index in [9.17, 15) is 9.59 Å². The fourth-order valence-electron chi connectivity index (χ4n) is 3.32. The molecule has 0 unspecified atom stereocenters. The molecule has 0 saturated heterocycles. The van der Waals surface area contributed by atoms with Crippen LogP contribution in [0.1, 0.15) is 16.0 Å². The Morgan fingerprint density at radius 1 is 1.13 bits per heavy atom. The lowest BCUT2D eigenvalue weighted by molar-refractivity contribution is -0.113. The van der Waals surface area contributed by atoms with E-state index in [2.05, 4.69) is 11.4 Å². The Balaban J connectivity index is 1.56. The molecule has 5 nitrogen and oxygen atoms in total. The van der Waals surface area contributed by atoms with Gasteiger partial charge in [0, 0.05) is 17.1 Å². The van der Waals surface area contributed by atoms with E-state index in [1.807, 2.05) is 61.7 Å². The minimum absolute atomic E-state index is 0.0698. The van der Waals surface area contributed by atoms with Crippen LogP contribution in [0.4, 0.5) is 5.69 Å². The molecule has 4 aromatic rings. The molecule has 158 valence electrons. The van der Waals surface area contributed by atoms with Gasteiger partial charge in [-0.15, -0.1) is 11.3 Å². The van der Waals surface area contributed by atoms with Crippen LogP contribution < -0.4 is 10.9 Å². The number of hydrogen-bond donors (Lipinski definition) is 1. The van der Waals surface area contributed by atoms with Crippen molar-refractivity contribution < 1.29 is 4.79 Å². The highest BCUT2D eigenvalue weighted by atomic mass is 32.2. The molecule has 2 aromatic heterocycles. The highest BCUT2D eigenvalue weighted by molar-refractivity contribution is 7.99. The second-order valence-electron chi connectivity index (χ2n) is 7.35. The number of aryl methyl sites for hydroxylation is 3. The fourth-order valence-corrected chi connectivity index (χ4v) is 4.84. The molecule has 1 amide bonds. The number of fused-ring (bicyclic) bond motifs is 1. The largest absolute Gasteiger partial charge is 0.325 e. The van der Waals surface area contributed by atoms with E-state index in [0.717, 1.165) is 23.2 Å². The van der Waals surface area contributed by atoms with Crippen molar-refractivity contribution in [2.45, 2.75) is 32.0 Å². The molecule has 7 heteroatoms. The SMILES string of the molecule is Cc1ccc(C)c(NC(=O)CSc2nc3ccccc3c(=O)n2CCc2cccs2)c1. The number of rotatable bonds is 7. The van der Waals surface area contributed by atoms with Crippen LogP contribution in [-0.4, -0.2) is 21.2 Å². The molecule has 2 aromatic carbocycles. The molecule has 0 atom stereocenters. The first kappa shape index (κ1) is 21.3. The molecule has 0 radical (unpaired) electrons. The number of nitrogens with one attached hydrogen (secondary N) is 1. The van der Waals surface area contributed by atoms with Crippen LogP contribution >= 0.6 is 23.1 Å². The van der Waals surface area contributed by atoms with E-state index >= 15 is 0 Å². The summed E-state index contributed by atoms with van der Waals surface area (Å²) in [6.07, 6.45) is 0.750. The van der Waals surface area contributed by atoms with Crippen molar-refractivity contribution in [3.8, 4) is 0 Å². The molecule has 0 fully saturated rings. The van der Waals surface area contributed by atoms with E-state index in [-0.39, 0.29) is 17.2 Å². The van der Waals surface area contributed by atoms with E-state index < -0.39 is 0 Å². The summed E-state index contributed by atoms with van der Waals surface area (Å²) in [5.74, 6) is 0.0582. The van der Waals surface area contributed by atoms with E-state index in [1.165, 1.54) is 16.6 Å². The van der Waals surface area contributed by atoms with Gasteiger partial charge in [-0.3, -0.25) is 14.2 Å². The molecule has 0 aliphatic carbocycles. The summed E-state index contributed by atoms with van der Waals surface area (Å²) in [5, 5.41) is 6.17. The van der Waals surface area contributed by atoms with Gasteiger partial charge in [-0.05, 0) is 61.0 Å². The van der Waals surface area contributed by atoms with Crippen LogP contribution in [0.2, 0.25) is 0 Å². The number of thiophene rings is 1. The zero-order chi connectivity index (χ0) is 21.8. The van der Waals surface area contributed by atoms with Gasteiger partial charge in [0.2, 0.25) is 5.91 Å². The normalized spacial score (nSPS) is 11.0. The minimum Gasteiger partial charge on any atom is -0.325 e. The van der Waals surface area contributed by atoms with Crippen molar-refractivity contribution in [3.05, 3.63) is 86.3 Å². The first-order valence-corrected chi connectivity index (χ1v) is 11.9. The first-order valence-electron chi connectivity index (χ1n) is 10.0. The molecule has 1 N–H and O–H groups in total. The van der Waals surface area contributed by atoms with Crippen molar-refractivity contribution in [2.75, 3.05) is 11.1 Å². The number of carbonyl (C=O) groups is 1. The predicted molar refractivity (Wildman–Crippen MR) is 129 cm³/mol. The third kappa shape index (κ3) is 5.06. The number of anilines is 1. The molecular formula is C24H23N3O2S2. The molecule has 0 aliphatic heterocycles. The Morgan fingerprint density at radius 2 is 1.97 bits per heavy atom. The Hall–Kier alpha value is -2.90. The van der Waals surface area contributed by atoms with Gasteiger partial charge < -0.3 is 5.32 Å². The second kappa shape index (κ2) is 9.49. The maximum Gasteiger partial charge on any atom is 0.262 e. The summed E-state index contributed by atoms with van der Waals surface area (Å²) < 4.78 is 1.69. The van der Waals surface area contributed by atoms with E-state index in [0.29, 0.717) is 22.6 Å². The second-order valence-corrected chi connectivity index (χ2v) is 9.33. The van der Waals surface area contributed by atoms with Gasteiger partial charge in [0.05, 0.1) is 16.7 Å². The number of nitrogens with zero attached hydrogens (tertiary/aromatic N) is 2. The topological polar surface area (TPSA) is 64.0 Å². The van der Waals surface area contributed by atoms with Crippen LogP contribution in [0.25, 0.3) is 10.9 Å². The van der Waals surface area contributed by atoms with Crippen molar-refractivity contribution in [3.63, 3.8) is 0 Å². The highest BCUT2D eigenvalue weighted by Gasteiger charge is 2.14. The Morgan fingerprint density at radius 3 is 2.77 bits per heavy atom. The number of carbonyl (C=O) groups excluding carboxylic acids is 1. The summed E-state index contributed by atoms with van der Waals surface area (Å²) in [7, 11) is 0. The number of benzene rings is 2. The smallest absolute Gasteiger partial charge is 0.262 e. The Labute approximate surface area is 189 Å². The van der Waals surface area contributed by atoms with Crippen molar-refractivity contribution in [2.24, 2.45) is 0 Å². The average molecular weight is 450 g/mol. The number of amides is 1. The standard InChI is InChI=1S/C24H23N3O2S2/c1-16-9-10-17(2)21(14-16)25-22(28)15-31-24-26-20-8-4-3-7-19(20)23(29)27(24)12-11-18-6-5-13-30-18/h3-10,13-14H,11-12,15H2,1-2H3,(H,25,28). The van der Waals surface area contributed by atoms with Crippen LogP contribution in [0.15, 0.2) is 69.9 Å². The van der Waals surface area contributed by atoms with Crippen LogP contribution in [0.3, 0.4) is 0 Å². The molecule has 0 bridgehead atoms. The lowest BCUT2D eigenvalue weighted by Crippen LogP contribution is -2.25. The molecule has 4 rings (SSSR count). The fraction of sp³-hybridized carbons (Fsp3) is 0.208. The van der Waals surface area contributed by atoms with Crippen LogP contribution in [-0.2, 0) is 17.8 Å². The summed E-state index contributed by atoms with van der Waals surface area (Å²) in [6.45, 7) is 4.49. The van der Waals surface area contributed by atoms with Gasteiger partial charge >= 0.3 is 0 Å². The molecule has 2 heterocycles. The third-order valence-electron chi connectivity index (χ3n) is 4.99. The Bertz CT molecular complexity index is 1280. The predicted octanol–water partition coefficient (Wildman–Crippen LogP) is 5.05. The molecule has 31 heavy (non-hydrogen) atoms. The van der Waals surface area contributed by atoms with Gasteiger partial charge in [-0.1, -0.05) is 42.1 Å². The zero-order valence-corrected chi connectivity index (χ0v) is 19.1. The van der Waals surface area contributed by atoms with E-state index in [4.69, 9.17) is 4.98 Å². The quantitative estimate of drug-likeness (QED) is 0.317. The average Bonchev–Trinajstić information content (AvgIpc) is 3.28. The van der Waals surface area contributed by atoms with Gasteiger partial charge in [0.1, 0.15) is 0 Å². The number of thioether (sulfide) groups is 1. The van der Waals surface area contributed by atoms with Crippen LogP contribution in [0, 0.1) is 13.8 Å². The number of aromatic nitrogens is 2. The summed E-state index contributed by atoms with van der Waals surface area (Å²) in [5.41, 5.74) is 3.50. The number of para-hydroxylation sites is 1. The summed E-state index contributed by atoms with van der Waals surface area (Å²) >= 11 is 2.97. The van der Waals surface area contributed by atoms with Gasteiger partial charge in [0.15, 0.2) is 5.16 Å². The molecular weight excluding hydrogens is 426 g/mol. The van der Waals surface area contributed by atoms with Crippen molar-refractivity contribution >= 4 is 45.6 Å². The van der Waals surface area contributed by atoms with Gasteiger partial charge in [-0.2, -0.15) is 0 Å². The zero-order valence-electron chi connectivity index (χ0n) is 17.4. The monoisotopic (exact) mass is 449 g/mol. The van der Waals surface area contributed by atoms with Gasteiger partial charge in [0.25, 0.3) is 5.56 Å². The van der Waals surface area contributed by atoms with Crippen molar-refractivity contribution in [1.82, 2.24) is 9.55 Å². The first-order chi connectivity index (χ1) is 15.0. The van der Waals surface area contributed by atoms with Crippen molar-refractivity contribution in [1.29, 1.82) is 0 Å². The van der Waals surface area contributed by atoms with Gasteiger partial charge in [-0.25, -0.2) is 4.98 Å². The third-order valence-corrected chi connectivity index (χ3v) is 6.90. The maximum absolute atomic E-state index is 13.1. The molecule has 0 saturated carbocycles. The highest BCUT2D eigenvalue weighted by Crippen LogP contribution is 2.21. The Kier molecular flexibility index (Phi) is 6.53. The summed E-state index contributed by atoms with van der Waals surface area (Å²) in [6, 6.07) is 17.4. The molecule has 0 aliphatic rings. The van der Waals surface area contributed by atoms with E-state index in [1.54, 1.807) is 22.0 Å². The summed E-state index contributed by atoms with van der Waals surface area (Å²) in [4.78, 5) is 31.7. The van der Waals surface area contributed by atoms with Crippen LogP contribution in [0.5, 0.6) is 0 Å². The number of hydrogen-bond acceptors (Lipinski definition) is 5. The lowest BCUT2D eigenvalue weighted by Gasteiger charge is -2.13.